The lowest BCUT2D eigenvalue weighted by Crippen LogP contribution is -2.42. The fourth-order valence-electron chi connectivity index (χ4n) is 2.49. The van der Waals surface area contributed by atoms with Gasteiger partial charge in [-0.3, -0.25) is 4.79 Å². The summed E-state index contributed by atoms with van der Waals surface area (Å²) in [7, 11) is -3.31. The largest absolute Gasteiger partial charge is 0.356 e. The summed E-state index contributed by atoms with van der Waals surface area (Å²) >= 11 is 0. The molecule has 0 radical (unpaired) electrons. The highest BCUT2D eigenvalue weighted by molar-refractivity contribution is 7.92. The summed E-state index contributed by atoms with van der Waals surface area (Å²) in [6, 6.07) is 0.276. The van der Waals surface area contributed by atoms with E-state index in [2.05, 4.69) is 10.6 Å². The van der Waals surface area contributed by atoms with Gasteiger partial charge in [-0.2, -0.15) is 0 Å². The molecule has 2 atom stereocenters. The first-order valence-corrected chi connectivity index (χ1v) is 8.42. The maximum atomic E-state index is 12.1. The fraction of sp³-hybridized carbons (Fsp3) is 0.917. The molecule has 1 saturated carbocycles. The summed E-state index contributed by atoms with van der Waals surface area (Å²) < 4.78 is 24.3. The van der Waals surface area contributed by atoms with Crippen LogP contribution < -0.4 is 10.6 Å². The first-order chi connectivity index (χ1) is 8.49. The molecule has 0 aromatic rings. The van der Waals surface area contributed by atoms with E-state index in [0.29, 0.717) is 19.4 Å². The molecule has 18 heavy (non-hydrogen) atoms. The summed E-state index contributed by atoms with van der Waals surface area (Å²) in [6.45, 7) is 5.13. The Labute approximate surface area is 110 Å². The molecule has 6 heteroatoms. The molecule has 0 saturated heterocycles. The second-order valence-corrected chi connectivity index (χ2v) is 7.08. The van der Waals surface area contributed by atoms with Crippen LogP contribution in [0.2, 0.25) is 0 Å². The lowest BCUT2D eigenvalue weighted by Gasteiger charge is -2.29. The maximum absolute atomic E-state index is 12.1. The molecule has 106 valence electrons. The third-order valence-corrected chi connectivity index (χ3v) is 5.44. The summed E-state index contributed by atoms with van der Waals surface area (Å²) in [5, 5.41) is 5.48. The monoisotopic (exact) mass is 276 g/mol. The first kappa shape index (κ1) is 15.4. The van der Waals surface area contributed by atoms with Gasteiger partial charge in [-0.1, -0.05) is 13.3 Å². The van der Waals surface area contributed by atoms with Gasteiger partial charge in [-0.15, -0.1) is 0 Å². The molecule has 1 fully saturated rings. The zero-order valence-electron chi connectivity index (χ0n) is 11.2. The van der Waals surface area contributed by atoms with Gasteiger partial charge in [0.15, 0.2) is 9.84 Å². The van der Waals surface area contributed by atoms with Crippen molar-refractivity contribution in [2.75, 3.05) is 18.8 Å². The molecule has 1 rings (SSSR count). The molecular weight excluding hydrogens is 252 g/mol. The van der Waals surface area contributed by atoms with E-state index in [4.69, 9.17) is 0 Å². The van der Waals surface area contributed by atoms with E-state index >= 15 is 0 Å². The van der Waals surface area contributed by atoms with Crippen molar-refractivity contribution >= 4 is 15.7 Å². The van der Waals surface area contributed by atoms with Crippen molar-refractivity contribution < 1.29 is 13.2 Å². The Morgan fingerprint density at radius 3 is 2.56 bits per heavy atom. The Bertz CT molecular complexity index is 366. The lowest BCUT2D eigenvalue weighted by molar-refractivity contribution is -0.118. The summed E-state index contributed by atoms with van der Waals surface area (Å²) in [5.41, 5.74) is 0. The standard InChI is InChI=1S/C12H24N2O3S/c1-3-13-10-6-5-7-11(8-10)18(16,17)9-12(15)14-4-2/h10-11,13H,3-9H2,1-2H3,(H,14,15). The Kier molecular flexibility index (Phi) is 6.08. The normalized spacial score (nSPS) is 24.8. The van der Waals surface area contributed by atoms with Gasteiger partial charge < -0.3 is 10.6 Å². The predicted octanol–water partition coefficient (Wildman–Crippen LogP) is 0.458. The SMILES string of the molecule is CCNC(=O)CS(=O)(=O)C1CCCC(NCC)C1. The van der Waals surface area contributed by atoms with Gasteiger partial charge in [-0.25, -0.2) is 8.42 Å². The second kappa shape index (κ2) is 7.09. The molecule has 1 amide bonds. The van der Waals surface area contributed by atoms with E-state index in [1.165, 1.54) is 0 Å². The van der Waals surface area contributed by atoms with Gasteiger partial charge in [0.1, 0.15) is 5.75 Å². The average molecular weight is 276 g/mol. The Balaban J connectivity index is 2.58. The first-order valence-electron chi connectivity index (χ1n) is 6.71. The van der Waals surface area contributed by atoms with E-state index in [9.17, 15) is 13.2 Å². The van der Waals surface area contributed by atoms with Gasteiger partial charge in [0.25, 0.3) is 0 Å². The molecule has 1 aliphatic carbocycles. The zero-order chi connectivity index (χ0) is 13.6. The topological polar surface area (TPSA) is 75.3 Å². The van der Waals surface area contributed by atoms with E-state index in [0.717, 1.165) is 19.4 Å². The number of nitrogens with one attached hydrogen (secondary N) is 2. The maximum Gasteiger partial charge on any atom is 0.235 e. The van der Waals surface area contributed by atoms with Crippen LogP contribution in [0.4, 0.5) is 0 Å². The van der Waals surface area contributed by atoms with Gasteiger partial charge in [-0.05, 0) is 32.7 Å². The van der Waals surface area contributed by atoms with Gasteiger partial charge in [0.05, 0.1) is 5.25 Å². The van der Waals surface area contributed by atoms with Crippen LogP contribution in [0.3, 0.4) is 0 Å². The highest BCUT2D eigenvalue weighted by atomic mass is 32.2. The summed E-state index contributed by atoms with van der Waals surface area (Å²) in [5.74, 6) is -0.757. The van der Waals surface area contributed by atoms with E-state index in [1.807, 2.05) is 6.92 Å². The summed E-state index contributed by atoms with van der Waals surface area (Å²) in [4.78, 5) is 11.4. The van der Waals surface area contributed by atoms with Crippen LogP contribution in [0.25, 0.3) is 0 Å². The zero-order valence-corrected chi connectivity index (χ0v) is 12.1. The molecule has 0 aromatic carbocycles. The van der Waals surface area contributed by atoms with Crippen LogP contribution in [0.5, 0.6) is 0 Å². The summed E-state index contributed by atoms with van der Waals surface area (Å²) in [6.07, 6.45) is 3.26. The van der Waals surface area contributed by atoms with Crippen LogP contribution in [0.15, 0.2) is 0 Å². The van der Waals surface area contributed by atoms with Crippen molar-refractivity contribution in [1.82, 2.24) is 10.6 Å². The number of carbonyl (C=O) groups is 1. The molecule has 0 bridgehead atoms. The molecule has 0 aliphatic heterocycles. The van der Waals surface area contributed by atoms with E-state index in [-0.39, 0.29) is 23.0 Å². The van der Waals surface area contributed by atoms with E-state index in [1.54, 1.807) is 6.92 Å². The third-order valence-electron chi connectivity index (χ3n) is 3.33. The molecule has 2 N–H and O–H groups in total. The molecule has 2 unspecified atom stereocenters. The molecule has 0 heterocycles. The lowest BCUT2D eigenvalue weighted by atomic mass is 9.95. The van der Waals surface area contributed by atoms with Crippen molar-refractivity contribution in [1.29, 1.82) is 0 Å². The number of sulfone groups is 1. The molecular formula is C12H24N2O3S. The predicted molar refractivity (Wildman–Crippen MR) is 72.2 cm³/mol. The number of amides is 1. The van der Waals surface area contributed by atoms with Crippen LogP contribution in [-0.2, 0) is 14.6 Å². The van der Waals surface area contributed by atoms with Gasteiger partial charge in [0, 0.05) is 12.6 Å². The number of carbonyl (C=O) groups excluding carboxylic acids is 1. The van der Waals surface area contributed by atoms with Crippen molar-refractivity contribution in [2.45, 2.75) is 50.8 Å². The van der Waals surface area contributed by atoms with Crippen molar-refractivity contribution in [3.05, 3.63) is 0 Å². The van der Waals surface area contributed by atoms with Crippen LogP contribution in [-0.4, -0.2) is 44.5 Å². The van der Waals surface area contributed by atoms with Gasteiger partial charge in [0.2, 0.25) is 5.91 Å². The smallest absolute Gasteiger partial charge is 0.235 e. The van der Waals surface area contributed by atoms with Crippen molar-refractivity contribution in [3.63, 3.8) is 0 Å². The van der Waals surface area contributed by atoms with Crippen LogP contribution in [0.1, 0.15) is 39.5 Å². The van der Waals surface area contributed by atoms with Crippen LogP contribution >= 0.6 is 0 Å². The highest BCUT2D eigenvalue weighted by Gasteiger charge is 2.32. The van der Waals surface area contributed by atoms with Crippen LogP contribution in [0, 0.1) is 0 Å². The highest BCUT2D eigenvalue weighted by Crippen LogP contribution is 2.24. The Morgan fingerprint density at radius 1 is 1.22 bits per heavy atom. The minimum atomic E-state index is -3.31. The fourth-order valence-corrected chi connectivity index (χ4v) is 4.25. The molecule has 1 aliphatic rings. The Morgan fingerprint density at radius 2 is 1.94 bits per heavy atom. The quantitative estimate of drug-likeness (QED) is 0.739. The number of rotatable bonds is 6. The molecule has 5 nitrogen and oxygen atoms in total. The second-order valence-electron chi connectivity index (χ2n) is 4.80. The number of hydrogen-bond acceptors (Lipinski definition) is 4. The molecule has 0 aromatic heterocycles. The van der Waals surface area contributed by atoms with E-state index < -0.39 is 9.84 Å². The minimum Gasteiger partial charge on any atom is -0.356 e. The average Bonchev–Trinajstić information content (AvgIpc) is 2.29. The molecule has 0 spiro atoms. The minimum absolute atomic E-state index is 0.276. The number of hydrogen-bond donors (Lipinski definition) is 2. The Hall–Kier alpha value is -0.620. The van der Waals surface area contributed by atoms with Gasteiger partial charge >= 0.3 is 0 Å². The third kappa shape index (κ3) is 4.57. The van der Waals surface area contributed by atoms with Crippen molar-refractivity contribution in [3.8, 4) is 0 Å². The van der Waals surface area contributed by atoms with Crippen molar-refractivity contribution in [2.24, 2.45) is 0 Å².